The van der Waals surface area contributed by atoms with Gasteiger partial charge in [0.25, 0.3) is 5.91 Å². The van der Waals surface area contributed by atoms with Gasteiger partial charge in [0, 0.05) is 18.2 Å². The summed E-state index contributed by atoms with van der Waals surface area (Å²) < 4.78 is 0. The molecule has 1 saturated carbocycles. The van der Waals surface area contributed by atoms with E-state index in [1.165, 1.54) is 12.1 Å². The highest BCUT2D eigenvalue weighted by atomic mass is 35.5. The molecule has 1 aliphatic rings. The van der Waals surface area contributed by atoms with Gasteiger partial charge in [-0.25, -0.2) is 4.98 Å². The maximum Gasteiger partial charge on any atom is 0.254 e. The van der Waals surface area contributed by atoms with Gasteiger partial charge in [-0.15, -0.1) is 0 Å². The number of aromatic nitrogens is 1. The lowest BCUT2D eigenvalue weighted by atomic mass is 9.91. The molecule has 6 heteroatoms. The molecule has 1 heterocycles. The number of nitrogens with zero attached hydrogens (tertiary/aromatic N) is 2. The molecule has 0 radical (unpaired) electrons. The first kappa shape index (κ1) is 13.6. The van der Waals surface area contributed by atoms with Crippen molar-refractivity contribution in [2.24, 2.45) is 0 Å². The molecule has 1 aromatic rings. The van der Waals surface area contributed by atoms with Crippen molar-refractivity contribution in [2.45, 2.75) is 25.3 Å². The number of aliphatic hydroxyl groups excluding tert-OH is 1. The van der Waals surface area contributed by atoms with Crippen molar-refractivity contribution in [3.63, 3.8) is 0 Å². The van der Waals surface area contributed by atoms with Crippen molar-refractivity contribution >= 4 is 29.1 Å². The maximum absolute atomic E-state index is 12.3. The van der Waals surface area contributed by atoms with Gasteiger partial charge in [-0.2, -0.15) is 0 Å². The van der Waals surface area contributed by atoms with E-state index >= 15 is 0 Å². The highest BCUT2D eigenvalue weighted by Gasteiger charge is 2.29. The van der Waals surface area contributed by atoms with Crippen molar-refractivity contribution < 1.29 is 9.90 Å². The van der Waals surface area contributed by atoms with Crippen molar-refractivity contribution in [3.05, 3.63) is 28.0 Å². The van der Waals surface area contributed by atoms with E-state index in [1.54, 1.807) is 4.90 Å². The van der Waals surface area contributed by atoms with Crippen LogP contribution in [0, 0.1) is 0 Å². The molecule has 1 aliphatic carbocycles. The van der Waals surface area contributed by atoms with Crippen LogP contribution >= 0.6 is 23.2 Å². The molecular formula is C12H14Cl2N2O2. The number of rotatable bonds is 4. The molecular weight excluding hydrogens is 275 g/mol. The van der Waals surface area contributed by atoms with E-state index in [1.807, 2.05) is 0 Å². The quantitative estimate of drug-likeness (QED) is 0.866. The number of aliphatic hydroxyl groups is 1. The third-order valence-corrected chi connectivity index (χ3v) is 3.51. The molecule has 1 N–H and O–H groups in total. The van der Waals surface area contributed by atoms with Crippen molar-refractivity contribution in [1.29, 1.82) is 0 Å². The first-order valence-electron chi connectivity index (χ1n) is 5.86. The summed E-state index contributed by atoms with van der Waals surface area (Å²) >= 11 is 11.6. The summed E-state index contributed by atoms with van der Waals surface area (Å²) in [5.41, 5.74) is 0.417. The summed E-state index contributed by atoms with van der Waals surface area (Å²) in [4.78, 5) is 17.8. The van der Waals surface area contributed by atoms with Crippen LogP contribution < -0.4 is 0 Å². The first-order chi connectivity index (χ1) is 8.61. The minimum Gasteiger partial charge on any atom is -0.395 e. The smallest absolute Gasteiger partial charge is 0.254 e. The monoisotopic (exact) mass is 288 g/mol. The Morgan fingerprint density at radius 2 is 2.00 bits per heavy atom. The van der Waals surface area contributed by atoms with Gasteiger partial charge in [-0.05, 0) is 31.4 Å². The average Bonchev–Trinajstić information content (AvgIpc) is 2.23. The number of hydrogen-bond acceptors (Lipinski definition) is 3. The molecule has 18 heavy (non-hydrogen) atoms. The fourth-order valence-corrected chi connectivity index (χ4v) is 2.47. The van der Waals surface area contributed by atoms with Crippen LogP contribution in [-0.2, 0) is 0 Å². The van der Waals surface area contributed by atoms with E-state index < -0.39 is 0 Å². The van der Waals surface area contributed by atoms with E-state index in [-0.39, 0.29) is 28.9 Å². The molecule has 4 nitrogen and oxygen atoms in total. The summed E-state index contributed by atoms with van der Waals surface area (Å²) in [6, 6.07) is 3.22. The van der Waals surface area contributed by atoms with Crippen LogP contribution in [-0.4, -0.2) is 40.1 Å². The first-order valence-corrected chi connectivity index (χ1v) is 6.62. The molecule has 0 aliphatic heterocycles. The predicted octanol–water partition coefficient (Wildman–Crippen LogP) is 2.38. The largest absolute Gasteiger partial charge is 0.395 e. The SMILES string of the molecule is O=C(c1cc(Cl)nc(Cl)c1)N(CCO)C1CCC1. The van der Waals surface area contributed by atoms with Crippen LogP contribution in [0.4, 0.5) is 0 Å². The van der Waals surface area contributed by atoms with Crippen LogP contribution in [0.3, 0.4) is 0 Å². The van der Waals surface area contributed by atoms with Gasteiger partial charge in [-0.1, -0.05) is 23.2 Å². The van der Waals surface area contributed by atoms with Crippen LogP contribution in [0.15, 0.2) is 12.1 Å². The Balaban J connectivity index is 2.21. The Morgan fingerprint density at radius 1 is 1.39 bits per heavy atom. The third-order valence-electron chi connectivity index (χ3n) is 3.13. The number of pyridine rings is 1. The van der Waals surface area contributed by atoms with Gasteiger partial charge in [0.2, 0.25) is 0 Å². The number of carbonyl (C=O) groups excluding carboxylic acids is 1. The Morgan fingerprint density at radius 3 is 2.44 bits per heavy atom. The molecule has 1 amide bonds. The third kappa shape index (κ3) is 2.94. The van der Waals surface area contributed by atoms with Crippen LogP contribution in [0.1, 0.15) is 29.6 Å². The predicted molar refractivity (Wildman–Crippen MR) is 70.0 cm³/mol. The molecule has 0 aromatic carbocycles. The van der Waals surface area contributed by atoms with Gasteiger partial charge < -0.3 is 10.0 Å². The highest BCUT2D eigenvalue weighted by molar-refractivity contribution is 6.33. The lowest BCUT2D eigenvalue weighted by Gasteiger charge is -2.37. The summed E-state index contributed by atoms with van der Waals surface area (Å²) in [6.45, 7) is 0.288. The molecule has 1 fully saturated rings. The number of halogens is 2. The van der Waals surface area contributed by atoms with Gasteiger partial charge >= 0.3 is 0 Å². The van der Waals surface area contributed by atoms with Gasteiger partial charge in [-0.3, -0.25) is 4.79 Å². The number of carbonyl (C=O) groups is 1. The molecule has 98 valence electrons. The fourth-order valence-electron chi connectivity index (χ4n) is 2.01. The van der Waals surface area contributed by atoms with Crippen molar-refractivity contribution in [2.75, 3.05) is 13.2 Å². The normalized spacial score (nSPS) is 15.3. The van der Waals surface area contributed by atoms with Crippen LogP contribution in [0.25, 0.3) is 0 Å². The average molecular weight is 289 g/mol. The van der Waals surface area contributed by atoms with E-state index in [0.29, 0.717) is 12.1 Å². The second-order valence-electron chi connectivity index (χ2n) is 4.31. The van der Waals surface area contributed by atoms with Gasteiger partial charge in [0.05, 0.1) is 6.61 Å². The lowest BCUT2D eigenvalue weighted by Crippen LogP contribution is -2.45. The zero-order valence-electron chi connectivity index (χ0n) is 9.77. The van der Waals surface area contributed by atoms with E-state index in [4.69, 9.17) is 28.3 Å². The Labute approximate surface area is 116 Å². The Bertz CT molecular complexity index is 429. The Kier molecular flexibility index (Phi) is 4.43. The molecule has 1 aromatic heterocycles. The second-order valence-corrected chi connectivity index (χ2v) is 5.08. The van der Waals surface area contributed by atoms with Gasteiger partial charge in [0.1, 0.15) is 10.3 Å². The van der Waals surface area contributed by atoms with Gasteiger partial charge in [0.15, 0.2) is 0 Å². The van der Waals surface area contributed by atoms with E-state index in [2.05, 4.69) is 4.98 Å². The van der Waals surface area contributed by atoms with Crippen molar-refractivity contribution in [1.82, 2.24) is 9.88 Å². The summed E-state index contributed by atoms with van der Waals surface area (Å²) in [7, 11) is 0. The zero-order chi connectivity index (χ0) is 13.1. The Hall–Kier alpha value is -0.840. The topological polar surface area (TPSA) is 53.4 Å². The summed E-state index contributed by atoms with van der Waals surface area (Å²) in [5.74, 6) is -0.153. The molecule has 0 bridgehead atoms. The number of hydrogen-bond donors (Lipinski definition) is 1. The minimum absolute atomic E-state index is 0.0468. The van der Waals surface area contributed by atoms with E-state index in [9.17, 15) is 4.79 Å². The van der Waals surface area contributed by atoms with Crippen LogP contribution in [0.5, 0.6) is 0 Å². The fraction of sp³-hybridized carbons (Fsp3) is 0.500. The zero-order valence-corrected chi connectivity index (χ0v) is 11.3. The second kappa shape index (κ2) is 5.87. The maximum atomic E-state index is 12.3. The van der Waals surface area contributed by atoms with Crippen LogP contribution in [0.2, 0.25) is 10.3 Å². The summed E-state index contributed by atoms with van der Waals surface area (Å²) in [6.07, 6.45) is 3.09. The molecule has 0 unspecified atom stereocenters. The van der Waals surface area contributed by atoms with Crippen molar-refractivity contribution in [3.8, 4) is 0 Å². The molecule has 2 rings (SSSR count). The van der Waals surface area contributed by atoms with E-state index in [0.717, 1.165) is 19.3 Å². The molecule has 0 saturated heterocycles. The standard InChI is InChI=1S/C12H14Cl2N2O2/c13-10-6-8(7-11(14)15-10)12(18)16(4-5-17)9-2-1-3-9/h6-7,9,17H,1-5H2. The lowest BCUT2D eigenvalue weighted by molar-refractivity contribution is 0.0525. The highest BCUT2D eigenvalue weighted by Crippen LogP contribution is 2.26. The summed E-state index contributed by atoms with van der Waals surface area (Å²) in [5, 5.41) is 9.45. The minimum atomic E-state index is -0.153. The molecule has 0 spiro atoms. The number of amides is 1. The molecule has 0 atom stereocenters.